The highest BCUT2D eigenvalue weighted by molar-refractivity contribution is 6.02. The number of para-hydroxylation sites is 1. The summed E-state index contributed by atoms with van der Waals surface area (Å²) in [6.45, 7) is 6.60. The van der Waals surface area contributed by atoms with Crippen molar-refractivity contribution in [3.05, 3.63) is 70.9 Å². The van der Waals surface area contributed by atoms with Crippen molar-refractivity contribution < 1.29 is 9.59 Å². The van der Waals surface area contributed by atoms with Crippen LogP contribution in [-0.4, -0.2) is 34.3 Å². The first-order valence-electron chi connectivity index (χ1n) is 11.7. The monoisotopic (exact) mass is 429 g/mol. The van der Waals surface area contributed by atoms with Gasteiger partial charge in [0.05, 0.1) is 6.04 Å². The van der Waals surface area contributed by atoms with E-state index in [9.17, 15) is 9.59 Å². The van der Waals surface area contributed by atoms with Gasteiger partial charge in [-0.3, -0.25) is 9.59 Å². The molecular formula is C27H31N3O2. The van der Waals surface area contributed by atoms with Gasteiger partial charge in [0, 0.05) is 33.8 Å². The third-order valence-electron chi connectivity index (χ3n) is 7.64. The predicted molar refractivity (Wildman–Crippen MR) is 126 cm³/mol. The van der Waals surface area contributed by atoms with Gasteiger partial charge in [0.15, 0.2) is 0 Å². The summed E-state index contributed by atoms with van der Waals surface area (Å²) < 4.78 is 0. The smallest absolute Gasteiger partial charge is 0.255 e. The van der Waals surface area contributed by atoms with E-state index in [0.29, 0.717) is 17.4 Å². The van der Waals surface area contributed by atoms with E-state index in [-0.39, 0.29) is 30.4 Å². The van der Waals surface area contributed by atoms with Crippen LogP contribution in [0.3, 0.4) is 0 Å². The molecule has 0 bridgehead atoms. The van der Waals surface area contributed by atoms with Crippen molar-refractivity contribution in [2.45, 2.75) is 52.1 Å². The van der Waals surface area contributed by atoms with Crippen molar-refractivity contribution >= 4 is 22.7 Å². The summed E-state index contributed by atoms with van der Waals surface area (Å²) in [7, 11) is 0. The van der Waals surface area contributed by atoms with Gasteiger partial charge in [-0.15, -0.1) is 0 Å². The zero-order chi connectivity index (χ0) is 22.4. The number of benzene rings is 2. The number of H-pyrrole nitrogens is 1. The fourth-order valence-electron chi connectivity index (χ4n) is 5.69. The average molecular weight is 430 g/mol. The van der Waals surface area contributed by atoms with Gasteiger partial charge in [-0.05, 0) is 42.9 Å². The molecule has 2 amide bonds. The Morgan fingerprint density at radius 1 is 1.09 bits per heavy atom. The number of carbonyl (C=O) groups is 2. The molecule has 5 rings (SSSR count). The average Bonchev–Trinajstić information content (AvgIpc) is 3.25. The molecular weight excluding hydrogens is 398 g/mol. The molecule has 0 saturated heterocycles. The van der Waals surface area contributed by atoms with Gasteiger partial charge in [-0.1, -0.05) is 63.1 Å². The highest BCUT2D eigenvalue weighted by Crippen LogP contribution is 2.42. The van der Waals surface area contributed by atoms with Gasteiger partial charge < -0.3 is 15.2 Å². The maximum atomic E-state index is 13.4. The molecule has 1 aromatic heterocycles. The number of aromatic nitrogens is 1. The largest absolute Gasteiger partial charge is 0.358 e. The van der Waals surface area contributed by atoms with Crippen molar-refractivity contribution in [1.82, 2.24) is 15.2 Å². The lowest BCUT2D eigenvalue weighted by Crippen LogP contribution is -2.48. The summed E-state index contributed by atoms with van der Waals surface area (Å²) in [5, 5.41) is 4.35. The summed E-state index contributed by atoms with van der Waals surface area (Å²) in [4.78, 5) is 31.8. The Kier molecular flexibility index (Phi) is 5.28. The molecule has 0 unspecified atom stereocenters. The fourth-order valence-corrected chi connectivity index (χ4v) is 5.69. The second kappa shape index (κ2) is 8.12. The Balaban J connectivity index is 1.49. The van der Waals surface area contributed by atoms with E-state index in [1.807, 2.05) is 43.3 Å². The van der Waals surface area contributed by atoms with E-state index < -0.39 is 0 Å². The maximum Gasteiger partial charge on any atom is 0.255 e. The molecule has 2 heterocycles. The second-order valence-corrected chi connectivity index (χ2v) is 9.57. The summed E-state index contributed by atoms with van der Waals surface area (Å²) in [5.41, 5.74) is 4.81. The predicted octanol–water partition coefficient (Wildman–Crippen LogP) is 4.96. The third kappa shape index (κ3) is 3.40. The highest BCUT2D eigenvalue weighted by atomic mass is 16.2. The number of aryl methyl sites for hydroxylation is 1. The number of nitrogens with zero attached hydrogens (tertiary/aromatic N) is 1. The highest BCUT2D eigenvalue weighted by Gasteiger charge is 2.40. The van der Waals surface area contributed by atoms with Crippen LogP contribution in [0.1, 0.15) is 66.3 Å². The van der Waals surface area contributed by atoms with Crippen molar-refractivity contribution in [2.75, 3.05) is 6.54 Å². The normalized spacial score (nSPS) is 25.2. The van der Waals surface area contributed by atoms with Crippen LogP contribution in [0.5, 0.6) is 0 Å². The van der Waals surface area contributed by atoms with Gasteiger partial charge in [0.25, 0.3) is 5.91 Å². The topological polar surface area (TPSA) is 65.2 Å². The molecule has 5 heteroatoms. The van der Waals surface area contributed by atoms with E-state index in [1.54, 1.807) is 4.90 Å². The molecule has 3 aromatic rings. The quantitative estimate of drug-likeness (QED) is 0.615. The number of rotatable bonds is 4. The first kappa shape index (κ1) is 20.8. The molecule has 2 aromatic carbocycles. The number of hydrogen-bond acceptors (Lipinski definition) is 2. The number of nitrogens with one attached hydrogen (secondary N) is 2. The molecule has 2 aliphatic rings. The minimum Gasteiger partial charge on any atom is -0.358 e. The molecule has 0 spiro atoms. The van der Waals surface area contributed by atoms with Crippen LogP contribution in [0, 0.1) is 18.8 Å². The molecule has 5 nitrogen and oxygen atoms in total. The van der Waals surface area contributed by atoms with Crippen LogP contribution in [0.15, 0.2) is 48.5 Å². The van der Waals surface area contributed by atoms with Gasteiger partial charge in [0.2, 0.25) is 5.91 Å². The van der Waals surface area contributed by atoms with E-state index >= 15 is 0 Å². The summed E-state index contributed by atoms with van der Waals surface area (Å²) in [6.07, 6.45) is 3.37. The van der Waals surface area contributed by atoms with Crippen LogP contribution < -0.4 is 5.32 Å². The van der Waals surface area contributed by atoms with Crippen LogP contribution >= 0.6 is 0 Å². The Hall–Kier alpha value is -3.08. The Labute approximate surface area is 189 Å². The maximum absolute atomic E-state index is 13.4. The van der Waals surface area contributed by atoms with Crippen LogP contribution in [0.4, 0.5) is 0 Å². The molecule has 166 valence electrons. The summed E-state index contributed by atoms with van der Waals surface area (Å²) in [6, 6.07) is 15.8. The van der Waals surface area contributed by atoms with Crippen molar-refractivity contribution in [3.63, 3.8) is 0 Å². The molecule has 1 fully saturated rings. The molecule has 1 saturated carbocycles. The first-order chi connectivity index (χ1) is 15.5. The number of amides is 2. The van der Waals surface area contributed by atoms with Gasteiger partial charge >= 0.3 is 0 Å². The van der Waals surface area contributed by atoms with E-state index in [2.05, 4.69) is 36.3 Å². The van der Waals surface area contributed by atoms with Crippen LogP contribution in [-0.2, 0) is 4.79 Å². The van der Waals surface area contributed by atoms with Crippen molar-refractivity contribution in [2.24, 2.45) is 11.8 Å². The molecule has 4 atom stereocenters. The van der Waals surface area contributed by atoms with Crippen LogP contribution in [0.2, 0.25) is 0 Å². The molecule has 2 N–H and O–H groups in total. The first-order valence-corrected chi connectivity index (χ1v) is 11.7. The minimum atomic E-state index is -0.275. The zero-order valence-corrected chi connectivity index (χ0v) is 19.0. The lowest BCUT2D eigenvalue weighted by molar-refractivity contribution is -0.123. The van der Waals surface area contributed by atoms with Gasteiger partial charge in [-0.25, -0.2) is 0 Å². The Morgan fingerprint density at radius 3 is 2.69 bits per heavy atom. The number of aromatic amines is 1. The minimum absolute atomic E-state index is 0.0642. The standard InChI is InChI=1S/C27H31N3O2/c1-16-9-8-14-22(17(16)2)29-24(31)15-30-26(19-10-4-5-11-20(19)27(30)32)25-18(3)28-23-13-7-6-12-21(23)25/h4-7,10-13,16-17,22,26,28H,8-9,14-15H2,1-3H3,(H,29,31)/t16-,17+,22-,26+/m1/s1. The Morgan fingerprint density at radius 2 is 1.84 bits per heavy atom. The Bertz CT molecular complexity index is 1180. The number of hydrogen-bond donors (Lipinski definition) is 2. The fraction of sp³-hybridized carbons (Fsp3) is 0.407. The van der Waals surface area contributed by atoms with Gasteiger partial charge in [0.1, 0.15) is 6.54 Å². The van der Waals surface area contributed by atoms with E-state index in [1.165, 1.54) is 6.42 Å². The van der Waals surface area contributed by atoms with E-state index in [0.717, 1.165) is 40.6 Å². The van der Waals surface area contributed by atoms with Crippen molar-refractivity contribution in [3.8, 4) is 0 Å². The summed E-state index contributed by atoms with van der Waals surface area (Å²) in [5.74, 6) is 0.911. The number of fused-ring (bicyclic) bond motifs is 2. The SMILES string of the molecule is Cc1[nH]c2ccccc2c1[C@@H]1c2ccccc2C(=O)N1CC(=O)N[C@@H]1CCC[C@@H](C)[C@@H]1C. The lowest BCUT2D eigenvalue weighted by Gasteiger charge is -2.35. The van der Waals surface area contributed by atoms with Gasteiger partial charge in [-0.2, -0.15) is 0 Å². The van der Waals surface area contributed by atoms with E-state index in [4.69, 9.17) is 0 Å². The summed E-state index contributed by atoms with van der Waals surface area (Å²) >= 11 is 0. The zero-order valence-electron chi connectivity index (χ0n) is 19.0. The van der Waals surface area contributed by atoms with Crippen LogP contribution in [0.25, 0.3) is 10.9 Å². The van der Waals surface area contributed by atoms with Crippen molar-refractivity contribution in [1.29, 1.82) is 0 Å². The third-order valence-corrected chi connectivity index (χ3v) is 7.64. The molecule has 32 heavy (non-hydrogen) atoms. The number of carbonyl (C=O) groups excluding carboxylic acids is 2. The lowest BCUT2D eigenvalue weighted by atomic mass is 9.78. The molecule has 1 aliphatic carbocycles. The second-order valence-electron chi connectivity index (χ2n) is 9.57. The molecule has 1 aliphatic heterocycles. The molecule has 0 radical (unpaired) electrons.